The normalized spacial score (nSPS) is 26.2. The average Bonchev–Trinajstić information content (AvgIpc) is 2.56. The van der Waals surface area contributed by atoms with Gasteiger partial charge in [0.05, 0.1) is 17.4 Å². The highest BCUT2D eigenvalue weighted by molar-refractivity contribution is 5.95. The van der Waals surface area contributed by atoms with E-state index < -0.39 is 11.0 Å². The highest BCUT2D eigenvalue weighted by Crippen LogP contribution is 2.19. The second-order valence-corrected chi connectivity index (χ2v) is 6.42. The Morgan fingerprint density at radius 3 is 2.71 bits per heavy atom. The predicted octanol–water partition coefficient (Wildman–Crippen LogP) is 0.296. The van der Waals surface area contributed by atoms with Crippen molar-refractivity contribution in [3.8, 4) is 0 Å². The number of carbonyl (C=O) groups is 2. The Bertz CT molecular complexity index is 646. The summed E-state index contributed by atoms with van der Waals surface area (Å²) in [4.78, 5) is 34.4. The Labute approximate surface area is 139 Å². The van der Waals surface area contributed by atoms with Crippen molar-refractivity contribution in [3.63, 3.8) is 0 Å². The van der Waals surface area contributed by atoms with Gasteiger partial charge in [0.15, 0.2) is 6.04 Å². The number of piperazine rings is 1. The third-order valence-corrected chi connectivity index (χ3v) is 4.73. The number of quaternary nitrogens is 1. The fourth-order valence-electron chi connectivity index (χ4n) is 3.48. The lowest BCUT2D eigenvalue weighted by Gasteiger charge is -2.37. The molecule has 2 aliphatic rings. The number of hydrogen-bond acceptors (Lipinski definition) is 4. The van der Waals surface area contributed by atoms with Gasteiger partial charge in [0.1, 0.15) is 6.04 Å². The number of anilines is 1. The molecule has 0 aromatic heterocycles. The van der Waals surface area contributed by atoms with Gasteiger partial charge in [-0.25, -0.2) is 0 Å². The molecular formula is C16H21N4O4+. The van der Waals surface area contributed by atoms with E-state index in [1.807, 2.05) is 5.32 Å². The van der Waals surface area contributed by atoms with Crippen LogP contribution in [0.15, 0.2) is 24.3 Å². The minimum Gasteiger partial charge on any atom is -0.342 e. The van der Waals surface area contributed by atoms with Crippen LogP contribution in [0, 0.1) is 10.1 Å². The molecule has 0 bridgehead atoms. The molecule has 1 aliphatic heterocycles. The molecule has 8 heteroatoms. The highest BCUT2D eigenvalue weighted by atomic mass is 16.6. The second-order valence-electron chi connectivity index (χ2n) is 6.42. The molecule has 3 atom stereocenters. The summed E-state index contributed by atoms with van der Waals surface area (Å²) in [5, 5.41) is 18.4. The van der Waals surface area contributed by atoms with Crippen LogP contribution in [-0.4, -0.2) is 34.9 Å². The van der Waals surface area contributed by atoms with Gasteiger partial charge in [-0.1, -0.05) is 6.42 Å². The lowest BCUT2D eigenvalue weighted by molar-refractivity contribution is -0.718. The van der Waals surface area contributed by atoms with Gasteiger partial charge >= 0.3 is 0 Å². The topological polar surface area (TPSA) is 118 Å². The van der Waals surface area contributed by atoms with Crippen LogP contribution in [0.4, 0.5) is 11.4 Å². The minimum atomic E-state index is -0.493. The number of non-ortho nitro benzene ring substituents is 1. The van der Waals surface area contributed by atoms with Crippen molar-refractivity contribution >= 4 is 23.2 Å². The Hall–Kier alpha value is -2.48. The van der Waals surface area contributed by atoms with Gasteiger partial charge in [0, 0.05) is 24.2 Å². The molecule has 0 spiro atoms. The quantitative estimate of drug-likeness (QED) is 0.542. The van der Waals surface area contributed by atoms with E-state index in [0.29, 0.717) is 11.7 Å². The number of carbonyl (C=O) groups excluding carboxylic acids is 2. The zero-order chi connectivity index (χ0) is 17.1. The largest absolute Gasteiger partial charge is 0.342 e. The van der Waals surface area contributed by atoms with E-state index in [-0.39, 0.29) is 30.0 Å². The van der Waals surface area contributed by atoms with Crippen LogP contribution in [0.5, 0.6) is 0 Å². The van der Waals surface area contributed by atoms with E-state index in [0.717, 1.165) is 25.7 Å². The van der Waals surface area contributed by atoms with E-state index in [1.165, 1.54) is 24.3 Å². The molecule has 1 saturated heterocycles. The number of nitrogens with two attached hydrogens (primary N) is 1. The first-order valence-corrected chi connectivity index (χ1v) is 8.22. The maximum Gasteiger partial charge on any atom is 0.279 e. The lowest BCUT2D eigenvalue weighted by atomic mass is 9.87. The lowest BCUT2D eigenvalue weighted by Crippen LogP contribution is -3.03. The highest BCUT2D eigenvalue weighted by Gasteiger charge is 2.40. The third kappa shape index (κ3) is 3.70. The van der Waals surface area contributed by atoms with Crippen molar-refractivity contribution in [2.45, 2.75) is 50.2 Å². The number of rotatable bonds is 4. The summed E-state index contributed by atoms with van der Waals surface area (Å²) in [6.07, 6.45) is 4.46. The minimum absolute atomic E-state index is 0.0312. The summed E-state index contributed by atoms with van der Waals surface area (Å²) in [6.45, 7) is 0. The first-order valence-electron chi connectivity index (χ1n) is 8.22. The van der Waals surface area contributed by atoms with E-state index in [4.69, 9.17) is 0 Å². The van der Waals surface area contributed by atoms with E-state index in [2.05, 4.69) is 10.6 Å². The van der Waals surface area contributed by atoms with Gasteiger partial charge in [-0.05, 0) is 25.0 Å². The van der Waals surface area contributed by atoms with Gasteiger partial charge < -0.3 is 16.0 Å². The molecule has 1 aromatic rings. The molecule has 4 N–H and O–H groups in total. The van der Waals surface area contributed by atoms with Crippen LogP contribution in [0.2, 0.25) is 0 Å². The molecule has 1 heterocycles. The van der Waals surface area contributed by atoms with Crippen molar-refractivity contribution in [1.29, 1.82) is 0 Å². The summed E-state index contributed by atoms with van der Waals surface area (Å²) in [7, 11) is 0. The van der Waals surface area contributed by atoms with Gasteiger partial charge in [-0.2, -0.15) is 0 Å². The Morgan fingerprint density at radius 1 is 1.29 bits per heavy atom. The van der Waals surface area contributed by atoms with Gasteiger partial charge in [0.25, 0.3) is 11.6 Å². The van der Waals surface area contributed by atoms with Crippen LogP contribution in [-0.2, 0) is 9.59 Å². The van der Waals surface area contributed by atoms with E-state index in [1.54, 1.807) is 0 Å². The molecule has 1 aromatic carbocycles. The Morgan fingerprint density at radius 2 is 2.00 bits per heavy atom. The number of benzene rings is 1. The van der Waals surface area contributed by atoms with Crippen LogP contribution in [0.25, 0.3) is 0 Å². The smallest absolute Gasteiger partial charge is 0.279 e. The molecule has 0 radical (unpaired) electrons. The molecule has 0 unspecified atom stereocenters. The molecule has 1 saturated carbocycles. The maximum atomic E-state index is 12.2. The van der Waals surface area contributed by atoms with Gasteiger partial charge in [-0.15, -0.1) is 0 Å². The standard InChI is InChI=1S/C16H20N4O4/c21-15(17-10-5-7-11(8-6-10)20(23)24)9-14-16(22)19-13-4-2-1-3-12(13)18-14/h5-8,12-14,18H,1-4,9H2,(H,17,21)(H,19,22)/p+1/t12-,13-,14+/m0/s1. The second kappa shape index (κ2) is 6.96. The number of nitrogens with one attached hydrogen (secondary N) is 2. The molecule has 8 nitrogen and oxygen atoms in total. The molecule has 24 heavy (non-hydrogen) atoms. The number of hydrogen-bond donors (Lipinski definition) is 3. The molecule has 2 amide bonds. The maximum absolute atomic E-state index is 12.2. The third-order valence-electron chi connectivity index (χ3n) is 4.73. The van der Waals surface area contributed by atoms with Crippen molar-refractivity contribution in [2.24, 2.45) is 0 Å². The molecular weight excluding hydrogens is 312 g/mol. The number of nitro groups is 1. The first kappa shape index (κ1) is 16.4. The van der Waals surface area contributed by atoms with Crippen LogP contribution < -0.4 is 16.0 Å². The number of amides is 2. The number of nitro benzene ring substituents is 1. The first-order chi connectivity index (χ1) is 11.5. The van der Waals surface area contributed by atoms with Gasteiger partial charge in [0.2, 0.25) is 5.91 Å². The molecule has 2 fully saturated rings. The monoisotopic (exact) mass is 333 g/mol. The predicted molar refractivity (Wildman–Crippen MR) is 86.2 cm³/mol. The van der Waals surface area contributed by atoms with Crippen LogP contribution >= 0.6 is 0 Å². The SMILES string of the molecule is O=C(C[C@H]1[NH2+][C@H]2CCCC[C@@H]2NC1=O)Nc1ccc([N+](=O)[O-])cc1. The Kier molecular flexibility index (Phi) is 4.75. The molecule has 128 valence electrons. The molecule has 3 rings (SSSR count). The van der Waals surface area contributed by atoms with Crippen LogP contribution in [0.3, 0.4) is 0 Å². The van der Waals surface area contributed by atoms with Crippen LogP contribution in [0.1, 0.15) is 32.1 Å². The molecule has 1 aliphatic carbocycles. The zero-order valence-electron chi connectivity index (χ0n) is 13.2. The number of fused-ring (bicyclic) bond motifs is 1. The fourth-order valence-corrected chi connectivity index (χ4v) is 3.48. The summed E-state index contributed by atoms with van der Waals surface area (Å²) in [5.41, 5.74) is 0.452. The summed E-state index contributed by atoms with van der Waals surface area (Å²) < 4.78 is 0. The Balaban J connectivity index is 1.56. The van der Waals surface area contributed by atoms with Crippen molar-refractivity contribution in [1.82, 2.24) is 5.32 Å². The van der Waals surface area contributed by atoms with E-state index in [9.17, 15) is 19.7 Å². The zero-order valence-corrected chi connectivity index (χ0v) is 13.2. The van der Waals surface area contributed by atoms with Crippen molar-refractivity contribution in [3.05, 3.63) is 34.4 Å². The number of nitrogens with zero attached hydrogens (tertiary/aromatic N) is 1. The summed E-state index contributed by atoms with van der Waals surface area (Å²) >= 11 is 0. The summed E-state index contributed by atoms with van der Waals surface area (Å²) in [5.74, 6) is -0.355. The van der Waals surface area contributed by atoms with E-state index >= 15 is 0 Å². The van der Waals surface area contributed by atoms with Gasteiger partial charge in [-0.3, -0.25) is 19.7 Å². The van der Waals surface area contributed by atoms with Crippen molar-refractivity contribution in [2.75, 3.05) is 5.32 Å². The average molecular weight is 333 g/mol. The summed E-state index contributed by atoms with van der Waals surface area (Å²) in [6, 6.07) is 5.80. The van der Waals surface area contributed by atoms with Crippen molar-refractivity contribution < 1.29 is 19.8 Å². The fraction of sp³-hybridized carbons (Fsp3) is 0.500.